The predicted octanol–water partition coefficient (Wildman–Crippen LogP) is 4.74. The summed E-state index contributed by atoms with van der Waals surface area (Å²) in [6, 6.07) is 15.1. The molecule has 1 aromatic heterocycles. The number of carbonyl (C=O) groups excluding carboxylic acids is 1. The molecule has 1 N–H and O–H groups in total. The van der Waals surface area contributed by atoms with Crippen molar-refractivity contribution >= 4 is 44.6 Å². The molecular formula is C17H14ClNO2S. The van der Waals surface area contributed by atoms with E-state index in [2.05, 4.69) is 5.32 Å². The van der Waals surface area contributed by atoms with Crippen molar-refractivity contribution in [1.82, 2.24) is 0 Å². The maximum atomic E-state index is 12.2. The van der Waals surface area contributed by atoms with E-state index in [0.29, 0.717) is 5.02 Å². The summed E-state index contributed by atoms with van der Waals surface area (Å²) in [4.78, 5) is 13.1. The van der Waals surface area contributed by atoms with Crippen LogP contribution in [0.5, 0.6) is 5.75 Å². The van der Waals surface area contributed by atoms with Gasteiger partial charge in [-0.05, 0) is 30.3 Å². The zero-order valence-electron chi connectivity index (χ0n) is 11.9. The van der Waals surface area contributed by atoms with E-state index in [4.69, 9.17) is 16.3 Å². The predicted molar refractivity (Wildman–Crippen MR) is 92.2 cm³/mol. The quantitative estimate of drug-likeness (QED) is 0.749. The van der Waals surface area contributed by atoms with Crippen LogP contribution in [0, 0.1) is 0 Å². The average Bonchev–Trinajstić information content (AvgIpc) is 2.84. The lowest BCUT2D eigenvalue weighted by Gasteiger charge is -2.05. The van der Waals surface area contributed by atoms with E-state index in [1.807, 2.05) is 48.5 Å². The van der Waals surface area contributed by atoms with Crippen LogP contribution >= 0.6 is 22.9 Å². The van der Waals surface area contributed by atoms with Gasteiger partial charge in [0.25, 0.3) is 0 Å². The molecule has 3 aromatic rings. The molecule has 0 atom stereocenters. The second-order valence-corrected chi connectivity index (χ2v) is 6.30. The Morgan fingerprint density at radius 3 is 2.59 bits per heavy atom. The highest BCUT2D eigenvalue weighted by Crippen LogP contribution is 2.35. The van der Waals surface area contributed by atoms with Gasteiger partial charge in [-0.3, -0.25) is 4.79 Å². The Kier molecular flexibility index (Phi) is 4.32. The van der Waals surface area contributed by atoms with Crippen LogP contribution in [0.2, 0.25) is 5.02 Å². The summed E-state index contributed by atoms with van der Waals surface area (Å²) in [5, 5.41) is 4.54. The summed E-state index contributed by atoms with van der Waals surface area (Å²) in [5.41, 5.74) is 0.739. The summed E-state index contributed by atoms with van der Waals surface area (Å²) in [5.74, 6) is 0.671. The lowest BCUT2D eigenvalue weighted by molar-refractivity contribution is -0.115. The summed E-state index contributed by atoms with van der Waals surface area (Å²) < 4.78 is 6.19. The van der Waals surface area contributed by atoms with Gasteiger partial charge in [0.1, 0.15) is 5.75 Å². The fraction of sp³-hybridized carbons (Fsp3) is 0.118. The van der Waals surface area contributed by atoms with Crippen molar-refractivity contribution < 1.29 is 9.53 Å². The summed E-state index contributed by atoms with van der Waals surface area (Å²) in [6.07, 6.45) is 0.268. The van der Waals surface area contributed by atoms with Crippen LogP contribution in [0.25, 0.3) is 10.1 Å². The lowest BCUT2D eigenvalue weighted by atomic mass is 10.2. The summed E-state index contributed by atoms with van der Waals surface area (Å²) >= 11 is 7.91. The maximum absolute atomic E-state index is 12.2. The van der Waals surface area contributed by atoms with Gasteiger partial charge in [0.05, 0.1) is 18.6 Å². The van der Waals surface area contributed by atoms with E-state index in [1.54, 1.807) is 18.4 Å². The number of ether oxygens (including phenoxy) is 1. The average molecular weight is 332 g/mol. The molecule has 0 aliphatic rings. The van der Waals surface area contributed by atoms with Crippen molar-refractivity contribution in [3.63, 3.8) is 0 Å². The minimum absolute atomic E-state index is 0.0846. The minimum atomic E-state index is -0.0846. The SMILES string of the molecule is COc1ccc(NC(=O)Cc2sc3ccccc3c2Cl)cc1. The third kappa shape index (κ3) is 3.08. The van der Waals surface area contributed by atoms with Gasteiger partial charge in [-0.25, -0.2) is 0 Å². The molecule has 1 heterocycles. The standard InChI is InChI=1S/C17H14ClNO2S/c1-21-12-8-6-11(7-9-12)19-16(20)10-15-17(18)13-4-2-3-5-14(13)22-15/h2-9H,10H2,1H3,(H,19,20). The molecule has 22 heavy (non-hydrogen) atoms. The molecular weight excluding hydrogens is 318 g/mol. The van der Waals surface area contributed by atoms with Gasteiger partial charge in [-0.2, -0.15) is 0 Å². The Morgan fingerprint density at radius 2 is 1.91 bits per heavy atom. The van der Waals surface area contributed by atoms with Crippen LogP contribution in [0.1, 0.15) is 4.88 Å². The number of rotatable bonds is 4. The first-order chi connectivity index (χ1) is 10.7. The molecule has 0 radical (unpaired) electrons. The number of thiophene rings is 1. The summed E-state index contributed by atoms with van der Waals surface area (Å²) in [6.45, 7) is 0. The molecule has 0 aliphatic carbocycles. The molecule has 0 saturated heterocycles. The number of halogens is 1. The Morgan fingerprint density at radius 1 is 1.18 bits per heavy atom. The number of carbonyl (C=O) groups is 1. The first kappa shape index (κ1) is 14.9. The van der Waals surface area contributed by atoms with Gasteiger partial charge in [-0.15, -0.1) is 11.3 Å². The highest BCUT2D eigenvalue weighted by Gasteiger charge is 2.13. The van der Waals surface area contributed by atoms with Gasteiger partial charge in [0.2, 0.25) is 5.91 Å². The Labute approximate surface area is 137 Å². The molecule has 0 aliphatic heterocycles. The minimum Gasteiger partial charge on any atom is -0.497 e. The second-order valence-electron chi connectivity index (χ2n) is 4.79. The molecule has 0 saturated carbocycles. The van der Waals surface area contributed by atoms with Gasteiger partial charge >= 0.3 is 0 Å². The third-order valence-electron chi connectivity index (χ3n) is 3.30. The van der Waals surface area contributed by atoms with E-state index in [-0.39, 0.29) is 12.3 Å². The molecule has 0 bridgehead atoms. The van der Waals surface area contributed by atoms with E-state index >= 15 is 0 Å². The van der Waals surface area contributed by atoms with E-state index < -0.39 is 0 Å². The van der Waals surface area contributed by atoms with Gasteiger partial charge in [0.15, 0.2) is 0 Å². The topological polar surface area (TPSA) is 38.3 Å². The molecule has 3 nitrogen and oxygen atoms in total. The Balaban J connectivity index is 1.73. The van der Waals surface area contributed by atoms with Crippen LogP contribution < -0.4 is 10.1 Å². The smallest absolute Gasteiger partial charge is 0.229 e. The maximum Gasteiger partial charge on any atom is 0.229 e. The number of nitrogens with one attached hydrogen (secondary N) is 1. The van der Waals surface area contributed by atoms with Crippen LogP contribution in [0.15, 0.2) is 48.5 Å². The van der Waals surface area contributed by atoms with E-state index in [9.17, 15) is 4.79 Å². The fourth-order valence-electron chi connectivity index (χ4n) is 2.20. The Bertz CT molecular complexity index is 811. The van der Waals surface area contributed by atoms with Crippen LogP contribution in [0.4, 0.5) is 5.69 Å². The number of amides is 1. The fourth-order valence-corrected chi connectivity index (χ4v) is 3.70. The molecule has 0 fully saturated rings. The van der Waals surface area contributed by atoms with E-state index in [1.165, 1.54) is 0 Å². The lowest BCUT2D eigenvalue weighted by Crippen LogP contribution is -2.13. The first-order valence-corrected chi connectivity index (χ1v) is 7.96. The van der Waals surface area contributed by atoms with E-state index in [0.717, 1.165) is 26.4 Å². The highest BCUT2D eigenvalue weighted by molar-refractivity contribution is 7.19. The van der Waals surface area contributed by atoms with Gasteiger partial charge in [0, 0.05) is 20.7 Å². The normalized spacial score (nSPS) is 10.6. The van der Waals surface area contributed by atoms with Crippen molar-refractivity contribution in [3.8, 4) is 5.75 Å². The largest absolute Gasteiger partial charge is 0.497 e. The van der Waals surface area contributed by atoms with Crippen LogP contribution in [-0.4, -0.2) is 13.0 Å². The number of methoxy groups -OCH3 is 1. The third-order valence-corrected chi connectivity index (χ3v) is 5.01. The van der Waals surface area contributed by atoms with Crippen LogP contribution in [-0.2, 0) is 11.2 Å². The van der Waals surface area contributed by atoms with Gasteiger partial charge < -0.3 is 10.1 Å². The van der Waals surface area contributed by atoms with Gasteiger partial charge in [-0.1, -0.05) is 29.8 Å². The van der Waals surface area contributed by atoms with Crippen molar-refractivity contribution in [3.05, 3.63) is 58.4 Å². The number of anilines is 1. The van der Waals surface area contributed by atoms with Crippen molar-refractivity contribution in [2.75, 3.05) is 12.4 Å². The molecule has 0 spiro atoms. The highest BCUT2D eigenvalue weighted by atomic mass is 35.5. The summed E-state index contributed by atoms with van der Waals surface area (Å²) in [7, 11) is 1.61. The molecule has 5 heteroatoms. The number of hydrogen-bond acceptors (Lipinski definition) is 3. The van der Waals surface area contributed by atoms with Crippen molar-refractivity contribution in [1.29, 1.82) is 0 Å². The zero-order valence-corrected chi connectivity index (χ0v) is 13.5. The molecule has 2 aromatic carbocycles. The zero-order chi connectivity index (χ0) is 15.5. The Hall–Kier alpha value is -2.04. The number of hydrogen-bond donors (Lipinski definition) is 1. The van der Waals surface area contributed by atoms with Crippen LogP contribution in [0.3, 0.4) is 0 Å². The first-order valence-electron chi connectivity index (χ1n) is 6.77. The number of benzene rings is 2. The number of fused-ring (bicyclic) bond motifs is 1. The van der Waals surface area contributed by atoms with Crippen molar-refractivity contribution in [2.24, 2.45) is 0 Å². The monoisotopic (exact) mass is 331 g/mol. The molecule has 3 rings (SSSR count). The van der Waals surface area contributed by atoms with Crippen molar-refractivity contribution in [2.45, 2.75) is 6.42 Å². The second kappa shape index (κ2) is 6.38. The molecule has 112 valence electrons. The molecule has 1 amide bonds. The molecule has 0 unspecified atom stereocenters.